The summed E-state index contributed by atoms with van der Waals surface area (Å²) in [4.78, 5) is 20.7. The summed E-state index contributed by atoms with van der Waals surface area (Å²) in [5.74, 6) is 0.637. The van der Waals surface area contributed by atoms with Crippen LogP contribution in [-0.4, -0.2) is 15.9 Å². The maximum Gasteiger partial charge on any atom is 0.233 e. The molecule has 0 spiro atoms. The highest BCUT2D eigenvalue weighted by molar-refractivity contribution is 6.36. The molecular weight excluding hydrogens is 311 g/mol. The molecule has 3 N–H and O–H groups in total. The third-order valence-electron chi connectivity index (χ3n) is 3.47. The quantitative estimate of drug-likeness (QED) is 0.845. The predicted octanol–water partition coefficient (Wildman–Crippen LogP) is 2.95. The summed E-state index contributed by atoms with van der Waals surface area (Å²) in [6.45, 7) is 1.72. The molecule has 0 aliphatic carbocycles. The Morgan fingerprint density at radius 1 is 1.29 bits per heavy atom. The third-order valence-corrected chi connectivity index (χ3v) is 4.12. The van der Waals surface area contributed by atoms with Crippen molar-refractivity contribution in [3.8, 4) is 0 Å². The molecule has 0 fully saturated rings. The van der Waals surface area contributed by atoms with Gasteiger partial charge in [0.25, 0.3) is 0 Å². The fourth-order valence-corrected chi connectivity index (χ4v) is 3.16. The molecule has 0 saturated heterocycles. The number of halogens is 2. The fourth-order valence-electron chi connectivity index (χ4n) is 2.50. The van der Waals surface area contributed by atoms with Crippen molar-refractivity contribution in [2.45, 2.75) is 19.3 Å². The molecule has 0 saturated carbocycles. The van der Waals surface area contributed by atoms with Crippen LogP contribution in [-0.2, 0) is 11.2 Å². The van der Waals surface area contributed by atoms with Crippen LogP contribution in [0.3, 0.4) is 0 Å². The van der Waals surface area contributed by atoms with E-state index in [1.54, 1.807) is 25.1 Å². The number of fused-ring (bicyclic) bond motifs is 1. The molecule has 108 valence electrons. The second-order valence-corrected chi connectivity index (χ2v) is 5.68. The van der Waals surface area contributed by atoms with E-state index in [9.17, 15) is 4.79 Å². The Bertz CT molecular complexity index is 728. The smallest absolute Gasteiger partial charge is 0.233 e. The highest BCUT2D eigenvalue weighted by Gasteiger charge is 2.33. The Morgan fingerprint density at radius 2 is 1.95 bits per heavy atom. The summed E-state index contributed by atoms with van der Waals surface area (Å²) >= 11 is 12.4. The number of benzene rings is 1. The van der Waals surface area contributed by atoms with Crippen molar-refractivity contribution in [1.29, 1.82) is 0 Å². The van der Waals surface area contributed by atoms with Crippen molar-refractivity contribution >= 4 is 40.7 Å². The molecule has 1 aromatic carbocycles. The van der Waals surface area contributed by atoms with Crippen LogP contribution in [0.5, 0.6) is 0 Å². The first-order valence-electron chi connectivity index (χ1n) is 6.35. The maximum absolute atomic E-state index is 12.4. The first-order valence-corrected chi connectivity index (χ1v) is 7.10. The predicted molar refractivity (Wildman–Crippen MR) is 82.7 cm³/mol. The highest BCUT2D eigenvalue weighted by Crippen LogP contribution is 2.38. The summed E-state index contributed by atoms with van der Waals surface area (Å²) in [6.07, 6.45) is 0.372. The molecule has 1 aliphatic rings. The molecule has 1 aromatic heterocycles. The van der Waals surface area contributed by atoms with Gasteiger partial charge in [-0.15, -0.1) is 0 Å². The summed E-state index contributed by atoms with van der Waals surface area (Å²) in [6, 6.07) is 5.16. The minimum atomic E-state index is -0.507. The van der Waals surface area contributed by atoms with Crippen molar-refractivity contribution in [1.82, 2.24) is 9.97 Å². The lowest BCUT2D eigenvalue weighted by atomic mass is 9.88. The first kappa shape index (κ1) is 14.1. The zero-order valence-electron chi connectivity index (χ0n) is 11.2. The van der Waals surface area contributed by atoms with Crippen molar-refractivity contribution in [3.63, 3.8) is 0 Å². The minimum absolute atomic E-state index is 0.199. The van der Waals surface area contributed by atoms with Crippen LogP contribution in [0.15, 0.2) is 18.2 Å². The number of carbonyl (C=O) groups is 1. The van der Waals surface area contributed by atoms with Gasteiger partial charge >= 0.3 is 0 Å². The van der Waals surface area contributed by atoms with E-state index in [1.807, 2.05) is 0 Å². The highest BCUT2D eigenvalue weighted by atomic mass is 35.5. The number of hydrogen-bond donors (Lipinski definition) is 2. The van der Waals surface area contributed by atoms with E-state index in [4.69, 9.17) is 28.9 Å². The van der Waals surface area contributed by atoms with Crippen LogP contribution in [0.25, 0.3) is 0 Å². The number of rotatable bonds is 1. The Morgan fingerprint density at radius 3 is 2.62 bits per heavy atom. The Hall–Kier alpha value is -1.85. The number of aryl methyl sites for hydroxylation is 1. The average molecular weight is 323 g/mol. The Kier molecular flexibility index (Phi) is 3.47. The van der Waals surface area contributed by atoms with Crippen LogP contribution in [0.4, 0.5) is 11.6 Å². The van der Waals surface area contributed by atoms with E-state index in [0.717, 1.165) is 0 Å². The number of anilines is 2. The summed E-state index contributed by atoms with van der Waals surface area (Å²) < 4.78 is 0. The van der Waals surface area contributed by atoms with Crippen molar-refractivity contribution in [3.05, 3.63) is 45.2 Å². The lowest BCUT2D eigenvalue weighted by molar-refractivity contribution is -0.117. The van der Waals surface area contributed by atoms with Crippen molar-refractivity contribution < 1.29 is 4.79 Å². The second-order valence-electron chi connectivity index (χ2n) is 4.86. The summed E-state index contributed by atoms with van der Waals surface area (Å²) in [5.41, 5.74) is 7.25. The van der Waals surface area contributed by atoms with Gasteiger partial charge in [-0.1, -0.05) is 29.3 Å². The molecule has 1 aliphatic heterocycles. The van der Waals surface area contributed by atoms with Crippen LogP contribution >= 0.6 is 23.2 Å². The number of carbonyl (C=O) groups excluding carboxylic acids is 1. The van der Waals surface area contributed by atoms with Gasteiger partial charge in [0.1, 0.15) is 17.5 Å². The lowest BCUT2D eigenvalue weighted by Crippen LogP contribution is -2.30. The Balaban J connectivity index is 2.09. The minimum Gasteiger partial charge on any atom is -0.383 e. The fraction of sp³-hybridized carbons (Fsp3) is 0.214. The van der Waals surface area contributed by atoms with Crippen LogP contribution < -0.4 is 11.1 Å². The molecule has 1 unspecified atom stereocenters. The van der Waals surface area contributed by atoms with Crippen molar-refractivity contribution in [2.24, 2.45) is 0 Å². The SMILES string of the molecule is Cc1nc(N)c2c(n1)NC(=O)C(c1c(Cl)cccc1Cl)C2. The number of nitrogen functional groups attached to an aromatic ring is 1. The van der Waals surface area contributed by atoms with E-state index in [1.165, 1.54) is 0 Å². The normalized spacial score (nSPS) is 17.3. The molecule has 2 heterocycles. The van der Waals surface area contributed by atoms with Gasteiger partial charge in [0.15, 0.2) is 0 Å². The van der Waals surface area contributed by atoms with E-state index in [0.29, 0.717) is 45.1 Å². The Labute approximate surface area is 131 Å². The molecule has 3 rings (SSSR count). The van der Waals surface area contributed by atoms with Gasteiger partial charge in [-0.05, 0) is 25.5 Å². The number of nitrogens with one attached hydrogen (secondary N) is 1. The topological polar surface area (TPSA) is 80.9 Å². The molecule has 2 aromatic rings. The van der Waals surface area contributed by atoms with Gasteiger partial charge in [0, 0.05) is 21.2 Å². The monoisotopic (exact) mass is 322 g/mol. The van der Waals surface area contributed by atoms with Gasteiger partial charge < -0.3 is 11.1 Å². The standard InChI is InChI=1S/C14H12Cl2N4O/c1-6-18-12(17)8-5-7(14(21)20-13(8)19-6)11-9(15)3-2-4-10(11)16/h2-4,7H,5H2,1H3,(H3,17,18,19,20,21). The number of aromatic nitrogens is 2. The zero-order chi connectivity index (χ0) is 15.1. The molecule has 1 atom stereocenters. The lowest BCUT2D eigenvalue weighted by Gasteiger charge is -2.26. The van der Waals surface area contributed by atoms with Gasteiger partial charge in [0.05, 0.1) is 5.92 Å². The molecule has 5 nitrogen and oxygen atoms in total. The molecule has 0 radical (unpaired) electrons. The van der Waals surface area contributed by atoms with E-state index < -0.39 is 5.92 Å². The summed E-state index contributed by atoms with van der Waals surface area (Å²) in [7, 11) is 0. The van der Waals surface area contributed by atoms with Gasteiger partial charge in [-0.2, -0.15) is 0 Å². The van der Waals surface area contributed by atoms with Crippen LogP contribution in [0.1, 0.15) is 22.9 Å². The molecule has 1 amide bonds. The molecule has 21 heavy (non-hydrogen) atoms. The molecule has 0 bridgehead atoms. The largest absolute Gasteiger partial charge is 0.383 e. The summed E-state index contributed by atoms with van der Waals surface area (Å²) in [5, 5.41) is 3.67. The van der Waals surface area contributed by atoms with E-state index in [2.05, 4.69) is 15.3 Å². The number of amides is 1. The zero-order valence-corrected chi connectivity index (χ0v) is 12.7. The third kappa shape index (κ3) is 2.43. The van der Waals surface area contributed by atoms with Crippen LogP contribution in [0.2, 0.25) is 10.0 Å². The number of nitrogens with two attached hydrogens (primary N) is 1. The van der Waals surface area contributed by atoms with E-state index in [-0.39, 0.29) is 5.91 Å². The van der Waals surface area contributed by atoms with Gasteiger partial charge in [-0.25, -0.2) is 9.97 Å². The van der Waals surface area contributed by atoms with Gasteiger partial charge in [0.2, 0.25) is 5.91 Å². The second kappa shape index (κ2) is 5.16. The van der Waals surface area contributed by atoms with Crippen molar-refractivity contribution in [2.75, 3.05) is 11.1 Å². The first-order chi connectivity index (χ1) is 9.97. The number of hydrogen-bond acceptors (Lipinski definition) is 4. The maximum atomic E-state index is 12.4. The van der Waals surface area contributed by atoms with Crippen LogP contribution in [0, 0.1) is 6.92 Å². The van der Waals surface area contributed by atoms with Gasteiger partial charge in [-0.3, -0.25) is 4.79 Å². The number of nitrogens with zero attached hydrogens (tertiary/aromatic N) is 2. The molecular formula is C14H12Cl2N4O. The average Bonchev–Trinajstić information content (AvgIpc) is 2.39. The van der Waals surface area contributed by atoms with E-state index >= 15 is 0 Å². The molecule has 7 heteroatoms.